The molecule has 0 aliphatic heterocycles. The number of rotatable bonds is 4. The molecule has 3 rings (SSSR count). The summed E-state index contributed by atoms with van der Waals surface area (Å²) >= 11 is 0. The topological polar surface area (TPSA) is 101 Å². The van der Waals surface area contributed by atoms with Gasteiger partial charge in [-0.15, -0.1) is 0 Å². The van der Waals surface area contributed by atoms with E-state index >= 15 is 0 Å². The highest BCUT2D eigenvalue weighted by atomic mass is 16.4. The highest BCUT2D eigenvalue weighted by Gasteiger charge is 2.17. The van der Waals surface area contributed by atoms with E-state index < -0.39 is 5.97 Å². The largest absolute Gasteiger partial charge is 0.477 e. The average molecular weight is 285 g/mol. The first kappa shape index (κ1) is 13.4. The number of nitrogens with zero attached hydrogens (tertiary/aromatic N) is 1. The standard InChI is InChI=1S/C15H15N3O3/c16-6-1-7-18-14(15(20)21)12-4-2-9-8-10(19)3-5-11(9)13(12)17-18/h2-5,8,17H,1,6-7,16H2,(H,20,21). The molecule has 6 heteroatoms. The highest BCUT2D eigenvalue weighted by molar-refractivity contribution is 6.11. The Balaban J connectivity index is 2.33. The lowest BCUT2D eigenvalue weighted by Crippen LogP contribution is -2.13. The first-order chi connectivity index (χ1) is 10.1. The van der Waals surface area contributed by atoms with Crippen LogP contribution in [-0.2, 0) is 6.54 Å². The van der Waals surface area contributed by atoms with Crippen molar-refractivity contribution >= 4 is 27.6 Å². The first-order valence-electron chi connectivity index (χ1n) is 6.70. The number of aromatic carboxylic acids is 1. The highest BCUT2D eigenvalue weighted by Crippen LogP contribution is 2.26. The van der Waals surface area contributed by atoms with Crippen molar-refractivity contribution in [3.8, 4) is 0 Å². The summed E-state index contributed by atoms with van der Waals surface area (Å²) in [6.45, 7) is 0.996. The van der Waals surface area contributed by atoms with Crippen molar-refractivity contribution in [2.45, 2.75) is 13.0 Å². The van der Waals surface area contributed by atoms with Gasteiger partial charge >= 0.3 is 5.97 Å². The van der Waals surface area contributed by atoms with E-state index in [0.29, 0.717) is 24.9 Å². The van der Waals surface area contributed by atoms with Crippen LogP contribution in [0.5, 0.6) is 0 Å². The molecule has 6 nitrogen and oxygen atoms in total. The summed E-state index contributed by atoms with van der Waals surface area (Å²) in [5, 5.41) is 14.8. The van der Waals surface area contributed by atoms with E-state index in [1.54, 1.807) is 28.9 Å². The van der Waals surface area contributed by atoms with E-state index in [1.807, 2.05) is 0 Å². The van der Waals surface area contributed by atoms with Crippen molar-refractivity contribution in [1.29, 1.82) is 0 Å². The van der Waals surface area contributed by atoms with Gasteiger partial charge in [0.2, 0.25) is 0 Å². The maximum Gasteiger partial charge on any atom is 0.354 e. The summed E-state index contributed by atoms with van der Waals surface area (Å²) in [6, 6.07) is 8.24. The number of aryl methyl sites for hydroxylation is 1. The molecule has 0 bridgehead atoms. The van der Waals surface area contributed by atoms with Gasteiger partial charge in [0.05, 0.1) is 5.52 Å². The van der Waals surface area contributed by atoms with E-state index in [0.717, 1.165) is 16.3 Å². The molecule has 0 saturated heterocycles. The van der Waals surface area contributed by atoms with Crippen molar-refractivity contribution < 1.29 is 9.90 Å². The number of fused-ring (bicyclic) bond motifs is 3. The molecule has 0 saturated carbocycles. The summed E-state index contributed by atoms with van der Waals surface area (Å²) in [5.41, 5.74) is 6.37. The van der Waals surface area contributed by atoms with Crippen LogP contribution >= 0.6 is 0 Å². The zero-order chi connectivity index (χ0) is 15.0. The second-order valence-corrected chi connectivity index (χ2v) is 4.93. The third kappa shape index (κ3) is 2.19. The Kier molecular flexibility index (Phi) is 3.23. The van der Waals surface area contributed by atoms with Crippen LogP contribution in [0.25, 0.3) is 21.7 Å². The van der Waals surface area contributed by atoms with Crippen LogP contribution in [0.4, 0.5) is 0 Å². The lowest BCUT2D eigenvalue weighted by atomic mass is 10.1. The van der Waals surface area contributed by atoms with Gasteiger partial charge in [-0.05, 0) is 42.6 Å². The third-order valence-corrected chi connectivity index (χ3v) is 3.55. The fourth-order valence-electron chi connectivity index (χ4n) is 2.61. The van der Waals surface area contributed by atoms with E-state index in [9.17, 15) is 14.7 Å². The second-order valence-electron chi connectivity index (χ2n) is 4.93. The van der Waals surface area contributed by atoms with Crippen LogP contribution in [0.3, 0.4) is 0 Å². The van der Waals surface area contributed by atoms with Gasteiger partial charge < -0.3 is 10.8 Å². The molecule has 0 spiro atoms. The molecule has 1 aromatic heterocycles. The van der Waals surface area contributed by atoms with Crippen LogP contribution in [-0.4, -0.2) is 27.4 Å². The Bertz CT molecular complexity index is 892. The third-order valence-electron chi connectivity index (χ3n) is 3.55. The number of aromatic amines is 1. The zero-order valence-electron chi connectivity index (χ0n) is 11.3. The van der Waals surface area contributed by atoms with Crippen LogP contribution in [0.1, 0.15) is 16.9 Å². The van der Waals surface area contributed by atoms with E-state index in [2.05, 4.69) is 5.10 Å². The van der Waals surface area contributed by atoms with Crippen LogP contribution in [0.2, 0.25) is 0 Å². The summed E-state index contributed by atoms with van der Waals surface area (Å²) in [5.74, 6) is -0.988. The van der Waals surface area contributed by atoms with Crippen LogP contribution in [0.15, 0.2) is 35.1 Å². The molecule has 1 heterocycles. The minimum absolute atomic E-state index is 0.0668. The molecule has 0 radical (unpaired) electrons. The number of benzene rings is 2. The number of carboxylic acids is 1. The van der Waals surface area contributed by atoms with Gasteiger partial charge in [0, 0.05) is 17.3 Å². The smallest absolute Gasteiger partial charge is 0.354 e. The molecule has 0 amide bonds. The minimum atomic E-state index is -0.988. The minimum Gasteiger partial charge on any atom is -0.477 e. The van der Waals surface area contributed by atoms with E-state index in [4.69, 9.17) is 5.73 Å². The molecule has 0 fully saturated rings. The van der Waals surface area contributed by atoms with Gasteiger partial charge in [0.1, 0.15) is 0 Å². The van der Waals surface area contributed by atoms with Crippen molar-refractivity contribution in [1.82, 2.24) is 9.78 Å². The normalized spacial score (nSPS) is 11.3. The van der Waals surface area contributed by atoms with Crippen LogP contribution in [0, 0.1) is 0 Å². The number of aromatic nitrogens is 2. The van der Waals surface area contributed by atoms with Gasteiger partial charge in [0.25, 0.3) is 0 Å². The van der Waals surface area contributed by atoms with Crippen molar-refractivity contribution in [3.05, 3.63) is 46.2 Å². The number of carboxylic acid groups (broad SMARTS) is 1. The number of nitrogens with two attached hydrogens (primary N) is 1. The second kappa shape index (κ2) is 5.06. The molecule has 0 atom stereocenters. The van der Waals surface area contributed by atoms with E-state index in [1.165, 1.54) is 6.07 Å². The van der Waals surface area contributed by atoms with Crippen molar-refractivity contribution in [2.75, 3.05) is 6.54 Å². The summed E-state index contributed by atoms with van der Waals surface area (Å²) in [7, 11) is 0. The number of carbonyl (C=O) groups is 1. The SMILES string of the molecule is NCCCn1[nH]c2c(ccc3cc(=O)ccc32)c1C(=O)O. The molecule has 3 aromatic rings. The summed E-state index contributed by atoms with van der Waals surface area (Å²) < 4.78 is 1.60. The first-order valence-corrected chi connectivity index (χ1v) is 6.70. The van der Waals surface area contributed by atoms with Crippen LogP contribution < -0.4 is 11.2 Å². The number of hydrogen-bond donors (Lipinski definition) is 3. The molecule has 0 unspecified atom stereocenters. The zero-order valence-corrected chi connectivity index (χ0v) is 11.3. The predicted molar refractivity (Wildman–Crippen MR) is 80.7 cm³/mol. The molecule has 4 N–H and O–H groups in total. The van der Waals surface area contributed by atoms with Crippen molar-refractivity contribution in [2.24, 2.45) is 5.73 Å². The average Bonchev–Trinajstić information content (AvgIpc) is 2.83. The lowest BCUT2D eigenvalue weighted by molar-refractivity contribution is 0.0685. The Morgan fingerprint density at radius 1 is 1.24 bits per heavy atom. The lowest BCUT2D eigenvalue weighted by Gasteiger charge is -2.03. The number of hydrogen-bond acceptors (Lipinski definition) is 3. The summed E-state index contributed by atoms with van der Waals surface area (Å²) in [6.07, 6.45) is 0.681. The molecule has 0 aliphatic carbocycles. The fourth-order valence-corrected chi connectivity index (χ4v) is 2.61. The van der Waals surface area contributed by atoms with Gasteiger partial charge in [-0.1, -0.05) is 6.07 Å². The maximum absolute atomic E-state index is 11.5. The van der Waals surface area contributed by atoms with Gasteiger partial charge in [-0.25, -0.2) is 4.79 Å². The predicted octanol–water partition coefficient (Wildman–Crippen LogP) is 1.53. The molecule has 108 valence electrons. The molecule has 0 aliphatic rings. The monoisotopic (exact) mass is 285 g/mol. The Hall–Kier alpha value is -2.60. The fraction of sp³-hybridized carbons (Fsp3) is 0.200. The Labute approximate surface area is 119 Å². The summed E-state index contributed by atoms with van der Waals surface area (Å²) in [4.78, 5) is 22.9. The van der Waals surface area contributed by atoms with Crippen molar-refractivity contribution in [3.63, 3.8) is 0 Å². The maximum atomic E-state index is 11.5. The number of H-pyrrole nitrogens is 1. The van der Waals surface area contributed by atoms with Gasteiger partial charge in [0.15, 0.2) is 11.1 Å². The molecular weight excluding hydrogens is 270 g/mol. The Morgan fingerprint density at radius 2 is 2.00 bits per heavy atom. The van der Waals surface area contributed by atoms with Gasteiger partial charge in [-0.2, -0.15) is 0 Å². The molecule has 21 heavy (non-hydrogen) atoms. The Morgan fingerprint density at radius 3 is 2.71 bits per heavy atom. The number of nitrogens with one attached hydrogen (secondary N) is 1. The quantitative estimate of drug-likeness (QED) is 0.676. The van der Waals surface area contributed by atoms with E-state index in [-0.39, 0.29) is 11.1 Å². The van der Waals surface area contributed by atoms with Gasteiger partial charge in [-0.3, -0.25) is 14.6 Å². The molecular formula is C15H15N3O3. The molecule has 2 aromatic carbocycles.